The standard InChI is InChI=1S/C26H44O3/c1-5-6-7-8-9-10-11-12-13-14-15-16-17-18-21-29-26(27)24-20-19-22(2)23(3)25(24)28-4/h19-20H,5-18,21H2,1-4H3. The average molecular weight is 405 g/mol. The van der Waals surface area contributed by atoms with Crippen molar-refractivity contribution in [2.24, 2.45) is 0 Å². The fourth-order valence-corrected chi connectivity index (χ4v) is 3.75. The predicted octanol–water partition coefficient (Wildman–Crippen LogP) is 7.95. The molecule has 3 heteroatoms. The van der Waals surface area contributed by atoms with Crippen LogP contribution in [0.4, 0.5) is 0 Å². The van der Waals surface area contributed by atoms with Crippen molar-refractivity contribution in [2.75, 3.05) is 13.7 Å². The molecule has 1 aromatic rings. The lowest BCUT2D eigenvalue weighted by molar-refractivity contribution is 0.0494. The molecule has 1 aromatic carbocycles. The third-order valence-electron chi connectivity index (χ3n) is 5.83. The fraction of sp³-hybridized carbons (Fsp3) is 0.731. The summed E-state index contributed by atoms with van der Waals surface area (Å²) < 4.78 is 10.9. The molecule has 0 unspecified atom stereocenters. The molecule has 0 atom stereocenters. The summed E-state index contributed by atoms with van der Waals surface area (Å²) in [5.41, 5.74) is 2.64. The molecular weight excluding hydrogens is 360 g/mol. The summed E-state index contributed by atoms with van der Waals surface area (Å²) in [5.74, 6) is 0.357. The van der Waals surface area contributed by atoms with Gasteiger partial charge in [0, 0.05) is 0 Å². The summed E-state index contributed by atoms with van der Waals surface area (Å²) in [6.45, 7) is 6.75. The third-order valence-corrected chi connectivity index (χ3v) is 5.83. The zero-order valence-corrected chi connectivity index (χ0v) is 19.5. The van der Waals surface area contributed by atoms with Gasteiger partial charge in [0.1, 0.15) is 11.3 Å². The molecule has 1 rings (SSSR count). The second-order valence-corrected chi connectivity index (χ2v) is 8.32. The van der Waals surface area contributed by atoms with Crippen LogP contribution >= 0.6 is 0 Å². The number of esters is 1. The van der Waals surface area contributed by atoms with Gasteiger partial charge < -0.3 is 9.47 Å². The molecule has 0 radical (unpaired) electrons. The molecule has 0 saturated heterocycles. The van der Waals surface area contributed by atoms with Crippen LogP contribution in [0.15, 0.2) is 12.1 Å². The predicted molar refractivity (Wildman–Crippen MR) is 123 cm³/mol. The Kier molecular flexibility index (Phi) is 14.4. The number of rotatable bonds is 17. The number of ether oxygens (including phenoxy) is 2. The third kappa shape index (κ3) is 10.7. The van der Waals surface area contributed by atoms with Crippen molar-refractivity contribution in [1.29, 1.82) is 0 Å². The van der Waals surface area contributed by atoms with Gasteiger partial charge in [-0.2, -0.15) is 0 Å². The van der Waals surface area contributed by atoms with E-state index in [4.69, 9.17) is 9.47 Å². The van der Waals surface area contributed by atoms with Crippen LogP contribution in [0, 0.1) is 13.8 Å². The summed E-state index contributed by atoms with van der Waals surface area (Å²) in [7, 11) is 1.60. The van der Waals surface area contributed by atoms with E-state index in [0.29, 0.717) is 17.9 Å². The maximum Gasteiger partial charge on any atom is 0.341 e. The minimum absolute atomic E-state index is 0.278. The molecule has 0 N–H and O–H groups in total. The number of carbonyl (C=O) groups excluding carboxylic acids is 1. The van der Waals surface area contributed by atoms with Crippen LogP contribution in [0.3, 0.4) is 0 Å². The van der Waals surface area contributed by atoms with Crippen molar-refractivity contribution in [3.05, 3.63) is 28.8 Å². The molecule has 0 aliphatic rings. The van der Waals surface area contributed by atoms with Crippen molar-refractivity contribution in [2.45, 2.75) is 111 Å². The summed E-state index contributed by atoms with van der Waals surface area (Å²) in [4.78, 5) is 12.3. The van der Waals surface area contributed by atoms with Gasteiger partial charge in [-0.3, -0.25) is 0 Å². The number of benzene rings is 1. The molecule has 0 saturated carbocycles. The lowest BCUT2D eigenvalue weighted by atomic mass is 10.0. The molecule has 0 heterocycles. The van der Waals surface area contributed by atoms with Gasteiger partial charge >= 0.3 is 5.97 Å². The minimum Gasteiger partial charge on any atom is -0.496 e. The molecule has 0 bridgehead atoms. The highest BCUT2D eigenvalue weighted by Gasteiger charge is 2.16. The average Bonchev–Trinajstić information content (AvgIpc) is 2.72. The topological polar surface area (TPSA) is 35.5 Å². The molecular formula is C26H44O3. The van der Waals surface area contributed by atoms with Crippen molar-refractivity contribution in [1.82, 2.24) is 0 Å². The maximum atomic E-state index is 12.3. The van der Waals surface area contributed by atoms with E-state index in [-0.39, 0.29) is 5.97 Å². The number of aryl methyl sites for hydroxylation is 1. The van der Waals surface area contributed by atoms with Crippen LogP contribution in [-0.2, 0) is 4.74 Å². The van der Waals surface area contributed by atoms with E-state index in [1.54, 1.807) is 13.2 Å². The van der Waals surface area contributed by atoms with Gasteiger partial charge in [-0.15, -0.1) is 0 Å². The van der Waals surface area contributed by atoms with Gasteiger partial charge in [0.2, 0.25) is 0 Å². The molecule has 166 valence electrons. The van der Waals surface area contributed by atoms with E-state index in [2.05, 4.69) is 6.92 Å². The number of carbonyl (C=O) groups is 1. The molecule has 0 fully saturated rings. The van der Waals surface area contributed by atoms with E-state index < -0.39 is 0 Å². The van der Waals surface area contributed by atoms with Gasteiger partial charge in [-0.25, -0.2) is 4.79 Å². The van der Waals surface area contributed by atoms with Crippen molar-refractivity contribution in [3.63, 3.8) is 0 Å². The fourth-order valence-electron chi connectivity index (χ4n) is 3.75. The van der Waals surface area contributed by atoms with Gasteiger partial charge in [0.25, 0.3) is 0 Å². The first-order valence-electron chi connectivity index (χ1n) is 11.9. The zero-order chi connectivity index (χ0) is 21.3. The monoisotopic (exact) mass is 404 g/mol. The molecule has 0 amide bonds. The highest BCUT2D eigenvalue weighted by Crippen LogP contribution is 2.26. The summed E-state index contributed by atoms with van der Waals surface area (Å²) >= 11 is 0. The van der Waals surface area contributed by atoms with Crippen molar-refractivity contribution >= 4 is 5.97 Å². The highest BCUT2D eigenvalue weighted by molar-refractivity contribution is 5.93. The van der Waals surface area contributed by atoms with Crippen LogP contribution in [0.2, 0.25) is 0 Å². The number of methoxy groups -OCH3 is 1. The Morgan fingerprint density at radius 2 is 1.24 bits per heavy atom. The Balaban J connectivity index is 2.00. The van der Waals surface area contributed by atoms with E-state index in [0.717, 1.165) is 24.0 Å². The largest absolute Gasteiger partial charge is 0.496 e. The van der Waals surface area contributed by atoms with Gasteiger partial charge in [-0.05, 0) is 37.5 Å². The molecule has 29 heavy (non-hydrogen) atoms. The van der Waals surface area contributed by atoms with E-state index >= 15 is 0 Å². The van der Waals surface area contributed by atoms with Gasteiger partial charge in [0.05, 0.1) is 13.7 Å². The maximum absolute atomic E-state index is 12.3. The van der Waals surface area contributed by atoms with Crippen molar-refractivity contribution in [3.8, 4) is 5.75 Å². The van der Waals surface area contributed by atoms with Crippen LogP contribution in [-0.4, -0.2) is 19.7 Å². The zero-order valence-electron chi connectivity index (χ0n) is 19.5. The Morgan fingerprint density at radius 3 is 1.72 bits per heavy atom. The first kappa shape index (κ1) is 25.5. The van der Waals surface area contributed by atoms with E-state index in [9.17, 15) is 4.79 Å². The SMILES string of the molecule is CCCCCCCCCCCCCCCCOC(=O)c1ccc(C)c(C)c1OC. The molecule has 3 nitrogen and oxygen atoms in total. The molecule has 0 aromatic heterocycles. The molecule has 0 spiro atoms. The number of hydrogen-bond donors (Lipinski definition) is 0. The summed E-state index contributed by atoms with van der Waals surface area (Å²) in [6.07, 6.45) is 18.6. The quantitative estimate of drug-likeness (QED) is 0.195. The second-order valence-electron chi connectivity index (χ2n) is 8.32. The number of hydrogen-bond acceptors (Lipinski definition) is 3. The minimum atomic E-state index is -0.278. The van der Waals surface area contributed by atoms with Gasteiger partial charge in [-0.1, -0.05) is 96.5 Å². The molecule has 0 aliphatic heterocycles. The lowest BCUT2D eigenvalue weighted by Crippen LogP contribution is -2.09. The van der Waals surface area contributed by atoms with Gasteiger partial charge in [0.15, 0.2) is 0 Å². The highest BCUT2D eigenvalue weighted by atomic mass is 16.5. The van der Waals surface area contributed by atoms with Crippen molar-refractivity contribution < 1.29 is 14.3 Å². The Labute approximate surface area is 179 Å². The summed E-state index contributed by atoms with van der Waals surface area (Å²) in [5, 5.41) is 0. The van der Waals surface area contributed by atoms with E-state index in [1.807, 2.05) is 19.9 Å². The van der Waals surface area contributed by atoms with Crippen LogP contribution in [0.5, 0.6) is 5.75 Å². The van der Waals surface area contributed by atoms with Crippen LogP contribution in [0.25, 0.3) is 0 Å². The second kappa shape index (κ2) is 16.3. The lowest BCUT2D eigenvalue weighted by Gasteiger charge is -2.13. The smallest absolute Gasteiger partial charge is 0.341 e. The molecule has 0 aliphatic carbocycles. The Morgan fingerprint density at radius 1 is 0.759 bits per heavy atom. The van der Waals surface area contributed by atoms with Crippen LogP contribution in [0.1, 0.15) is 118 Å². The normalized spacial score (nSPS) is 10.9. The summed E-state index contributed by atoms with van der Waals surface area (Å²) in [6, 6.07) is 3.75. The Bertz CT molecular complexity index is 565. The van der Waals surface area contributed by atoms with E-state index in [1.165, 1.54) is 77.0 Å². The first-order chi connectivity index (χ1) is 14.1. The van der Waals surface area contributed by atoms with Crippen LogP contribution < -0.4 is 4.74 Å². The Hall–Kier alpha value is -1.51. The number of unbranched alkanes of at least 4 members (excludes halogenated alkanes) is 13. The first-order valence-corrected chi connectivity index (χ1v) is 11.9.